The van der Waals surface area contributed by atoms with Gasteiger partial charge in [0.25, 0.3) is 0 Å². The smallest absolute Gasteiger partial charge is 0.163 e. The maximum atomic E-state index is 14.1. The van der Waals surface area contributed by atoms with E-state index in [-0.39, 0.29) is 6.04 Å². The predicted octanol–water partition coefficient (Wildman–Crippen LogP) is 3.35. The molecule has 0 amide bonds. The van der Waals surface area contributed by atoms with Crippen LogP contribution >= 0.6 is 0 Å². The Morgan fingerprint density at radius 3 is 2.80 bits per heavy atom. The van der Waals surface area contributed by atoms with Crippen molar-refractivity contribution < 1.29 is 8.78 Å². The highest BCUT2D eigenvalue weighted by Crippen LogP contribution is 2.36. The first-order chi connectivity index (χ1) is 9.50. The quantitative estimate of drug-likeness (QED) is 0.911. The number of nitrogens with zero attached hydrogens (tertiary/aromatic N) is 1. The molecule has 0 spiro atoms. The van der Waals surface area contributed by atoms with Crippen LogP contribution in [0, 0.1) is 17.6 Å². The summed E-state index contributed by atoms with van der Waals surface area (Å²) in [5.41, 5.74) is 0.489. The lowest BCUT2D eigenvalue weighted by molar-refractivity contribution is 0.114. The molecule has 1 N–H and O–H groups in total. The van der Waals surface area contributed by atoms with Crippen LogP contribution in [-0.2, 0) is 0 Å². The highest BCUT2D eigenvalue weighted by Gasteiger charge is 2.32. The molecule has 0 aromatic heterocycles. The van der Waals surface area contributed by atoms with E-state index in [0.29, 0.717) is 17.5 Å². The average molecular weight is 282 g/mol. The zero-order valence-corrected chi connectivity index (χ0v) is 12.5. The zero-order chi connectivity index (χ0) is 14.7. The molecule has 2 unspecified atom stereocenters. The Balaban J connectivity index is 2.25. The van der Waals surface area contributed by atoms with Gasteiger partial charge in [0.05, 0.1) is 0 Å². The van der Waals surface area contributed by atoms with E-state index in [1.54, 1.807) is 12.1 Å². The number of halogens is 2. The van der Waals surface area contributed by atoms with Crippen LogP contribution in [0.25, 0.3) is 0 Å². The fraction of sp³-hybridized carbons (Fsp3) is 0.625. The molecule has 1 aromatic rings. The second-order valence-electron chi connectivity index (χ2n) is 6.03. The van der Waals surface area contributed by atoms with Gasteiger partial charge >= 0.3 is 0 Å². The van der Waals surface area contributed by atoms with Crippen molar-refractivity contribution in [3.8, 4) is 0 Å². The van der Waals surface area contributed by atoms with Gasteiger partial charge in [-0.05, 0) is 38.4 Å². The van der Waals surface area contributed by atoms with Gasteiger partial charge in [0.2, 0.25) is 0 Å². The van der Waals surface area contributed by atoms with Crippen molar-refractivity contribution in [1.82, 2.24) is 10.2 Å². The van der Waals surface area contributed by atoms with Crippen LogP contribution in [0.3, 0.4) is 0 Å². The van der Waals surface area contributed by atoms with Crippen molar-refractivity contribution in [3.05, 3.63) is 35.4 Å². The Kier molecular flexibility index (Phi) is 5.11. The molecule has 0 saturated carbocycles. The van der Waals surface area contributed by atoms with Crippen LogP contribution < -0.4 is 5.32 Å². The minimum atomic E-state index is -0.753. The molecule has 1 saturated heterocycles. The van der Waals surface area contributed by atoms with E-state index < -0.39 is 11.6 Å². The zero-order valence-electron chi connectivity index (χ0n) is 12.5. The van der Waals surface area contributed by atoms with Crippen LogP contribution in [0.1, 0.15) is 38.3 Å². The van der Waals surface area contributed by atoms with Crippen LogP contribution in [0.4, 0.5) is 8.78 Å². The number of piperidine rings is 1. The Bertz CT molecular complexity index is 448. The van der Waals surface area contributed by atoms with E-state index >= 15 is 0 Å². The first kappa shape index (κ1) is 15.4. The van der Waals surface area contributed by atoms with Gasteiger partial charge < -0.3 is 5.32 Å². The van der Waals surface area contributed by atoms with Gasteiger partial charge in [-0.1, -0.05) is 26.0 Å². The molecule has 1 heterocycles. The maximum Gasteiger partial charge on any atom is 0.163 e. The topological polar surface area (TPSA) is 15.3 Å². The summed E-state index contributed by atoms with van der Waals surface area (Å²) in [7, 11) is 2.00. The lowest BCUT2D eigenvalue weighted by atomic mass is 9.84. The first-order valence-corrected chi connectivity index (χ1v) is 7.38. The molecular weight excluding hydrogens is 258 g/mol. The third-order valence-corrected chi connectivity index (χ3v) is 4.10. The van der Waals surface area contributed by atoms with E-state index in [4.69, 9.17) is 0 Å². The largest absolute Gasteiger partial charge is 0.314 e. The lowest BCUT2D eigenvalue weighted by Crippen LogP contribution is -2.42. The van der Waals surface area contributed by atoms with E-state index in [9.17, 15) is 8.78 Å². The summed E-state index contributed by atoms with van der Waals surface area (Å²) in [6, 6.07) is 4.85. The number of benzene rings is 1. The van der Waals surface area contributed by atoms with Crippen molar-refractivity contribution >= 4 is 0 Å². The minimum absolute atomic E-state index is 0.0503. The molecule has 0 aliphatic carbocycles. The highest BCUT2D eigenvalue weighted by molar-refractivity contribution is 5.24. The SMILES string of the molecule is CC(C)NCC1CCCN(C)C1c1cccc(F)c1F. The number of nitrogens with one attached hydrogen (secondary N) is 1. The molecule has 1 aliphatic rings. The van der Waals surface area contributed by atoms with Gasteiger partial charge in [-0.2, -0.15) is 0 Å². The molecule has 1 aromatic carbocycles. The molecule has 1 aliphatic heterocycles. The molecule has 2 atom stereocenters. The molecular formula is C16H24F2N2. The van der Waals surface area contributed by atoms with Gasteiger partial charge in [-0.3, -0.25) is 4.90 Å². The summed E-state index contributed by atoms with van der Waals surface area (Å²) in [5, 5.41) is 3.43. The van der Waals surface area contributed by atoms with E-state index in [2.05, 4.69) is 24.1 Å². The monoisotopic (exact) mass is 282 g/mol. The number of hydrogen-bond donors (Lipinski definition) is 1. The van der Waals surface area contributed by atoms with Crippen molar-refractivity contribution in [1.29, 1.82) is 0 Å². The Morgan fingerprint density at radius 2 is 2.10 bits per heavy atom. The van der Waals surface area contributed by atoms with E-state index in [1.165, 1.54) is 6.07 Å². The summed E-state index contributed by atoms with van der Waals surface area (Å²) in [6.07, 6.45) is 2.15. The fourth-order valence-electron chi connectivity index (χ4n) is 3.10. The average Bonchev–Trinajstić information content (AvgIpc) is 2.40. The second-order valence-corrected chi connectivity index (χ2v) is 6.03. The van der Waals surface area contributed by atoms with Gasteiger partial charge in [-0.15, -0.1) is 0 Å². The third-order valence-electron chi connectivity index (χ3n) is 4.10. The Morgan fingerprint density at radius 1 is 1.35 bits per heavy atom. The maximum absolute atomic E-state index is 14.1. The summed E-state index contributed by atoms with van der Waals surface area (Å²) < 4.78 is 27.6. The Hall–Kier alpha value is -1.00. The summed E-state index contributed by atoms with van der Waals surface area (Å²) in [4.78, 5) is 2.15. The molecule has 2 nitrogen and oxygen atoms in total. The van der Waals surface area contributed by atoms with Gasteiger partial charge in [-0.25, -0.2) is 8.78 Å². The molecule has 20 heavy (non-hydrogen) atoms. The third kappa shape index (κ3) is 3.36. The van der Waals surface area contributed by atoms with Gasteiger partial charge in [0.1, 0.15) is 0 Å². The highest BCUT2D eigenvalue weighted by atomic mass is 19.2. The standard InChI is InChI=1S/C16H24F2N2/c1-11(2)19-10-12-6-5-9-20(3)16(12)13-7-4-8-14(17)15(13)18/h4,7-8,11-12,16,19H,5-6,9-10H2,1-3H3. The summed E-state index contributed by atoms with van der Waals surface area (Å²) in [5.74, 6) is -1.13. The molecule has 4 heteroatoms. The van der Waals surface area contributed by atoms with Crippen molar-refractivity contribution in [2.45, 2.75) is 38.8 Å². The van der Waals surface area contributed by atoms with E-state index in [1.807, 2.05) is 7.05 Å². The normalized spacial score (nSPS) is 24.3. The molecule has 1 fully saturated rings. The van der Waals surface area contributed by atoms with Crippen LogP contribution in [-0.4, -0.2) is 31.1 Å². The first-order valence-electron chi connectivity index (χ1n) is 7.38. The Labute approximate surface area is 120 Å². The van der Waals surface area contributed by atoms with Gasteiger partial charge in [0, 0.05) is 24.2 Å². The molecule has 112 valence electrons. The van der Waals surface area contributed by atoms with Crippen molar-refractivity contribution in [2.75, 3.05) is 20.1 Å². The van der Waals surface area contributed by atoms with Crippen molar-refractivity contribution in [2.24, 2.45) is 5.92 Å². The second kappa shape index (κ2) is 6.64. The van der Waals surface area contributed by atoms with Crippen LogP contribution in [0.5, 0.6) is 0 Å². The van der Waals surface area contributed by atoms with E-state index in [0.717, 1.165) is 25.9 Å². The number of rotatable bonds is 4. The van der Waals surface area contributed by atoms with Crippen LogP contribution in [0.2, 0.25) is 0 Å². The molecule has 0 radical (unpaired) electrons. The van der Waals surface area contributed by atoms with Crippen LogP contribution in [0.15, 0.2) is 18.2 Å². The molecule has 2 rings (SSSR count). The summed E-state index contributed by atoms with van der Waals surface area (Å²) in [6.45, 7) is 5.97. The predicted molar refractivity (Wildman–Crippen MR) is 77.6 cm³/mol. The molecule has 0 bridgehead atoms. The van der Waals surface area contributed by atoms with Gasteiger partial charge in [0.15, 0.2) is 11.6 Å². The minimum Gasteiger partial charge on any atom is -0.314 e. The number of hydrogen-bond acceptors (Lipinski definition) is 2. The lowest BCUT2D eigenvalue weighted by Gasteiger charge is -2.40. The number of likely N-dealkylation sites (tertiary alicyclic amines) is 1. The van der Waals surface area contributed by atoms with Crippen molar-refractivity contribution in [3.63, 3.8) is 0 Å². The fourth-order valence-corrected chi connectivity index (χ4v) is 3.10. The summed E-state index contributed by atoms with van der Waals surface area (Å²) >= 11 is 0.